The summed E-state index contributed by atoms with van der Waals surface area (Å²) in [5.41, 5.74) is 0.451. The van der Waals surface area contributed by atoms with Crippen molar-refractivity contribution in [2.75, 3.05) is 25.0 Å². The summed E-state index contributed by atoms with van der Waals surface area (Å²) < 4.78 is 28.2. The zero-order chi connectivity index (χ0) is 20.3. The number of sulfonamides is 1. The van der Waals surface area contributed by atoms with Crippen LogP contribution in [0.2, 0.25) is 0 Å². The minimum atomic E-state index is -3.74. The second kappa shape index (κ2) is 6.28. The van der Waals surface area contributed by atoms with E-state index < -0.39 is 21.5 Å². The minimum Gasteiger partial charge on any atom is -0.358 e. The van der Waals surface area contributed by atoms with E-state index in [0.29, 0.717) is 18.2 Å². The Morgan fingerprint density at radius 2 is 2.07 bits per heavy atom. The summed E-state index contributed by atoms with van der Waals surface area (Å²) in [6, 6.07) is 4.55. The Morgan fingerprint density at radius 3 is 2.71 bits per heavy atom. The van der Waals surface area contributed by atoms with Gasteiger partial charge in [0.25, 0.3) is 5.91 Å². The van der Waals surface area contributed by atoms with Crippen molar-refractivity contribution >= 4 is 33.5 Å². The third-order valence-electron chi connectivity index (χ3n) is 5.37. The van der Waals surface area contributed by atoms with Gasteiger partial charge in [0.05, 0.1) is 28.7 Å². The fourth-order valence-electron chi connectivity index (χ4n) is 3.47. The second-order valence-corrected chi connectivity index (χ2v) is 9.45. The molecule has 28 heavy (non-hydrogen) atoms. The SMILES string of the molecule is CNC(=O)CN1C(=O)c2cc(S(=O)(=O)NC3(C)CC3)ccc2N2C1=NC[C@H]2C. The molecule has 9 nitrogen and oxygen atoms in total. The molecule has 10 heteroatoms. The molecular weight excluding hydrogens is 382 g/mol. The number of anilines is 1. The van der Waals surface area contributed by atoms with Crippen LogP contribution in [0.4, 0.5) is 5.69 Å². The van der Waals surface area contributed by atoms with Gasteiger partial charge in [-0.25, -0.2) is 13.1 Å². The maximum Gasteiger partial charge on any atom is 0.263 e. The van der Waals surface area contributed by atoms with Crippen LogP contribution < -0.4 is 14.9 Å². The number of benzene rings is 1. The summed E-state index contributed by atoms with van der Waals surface area (Å²) in [5.74, 6) is -0.337. The molecule has 2 N–H and O–H groups in total. The fourth-order valence-corrected chi connectivity index (χ4v) is 4.96. The molecule has 1 aliphatic carbocycles. The highest BCUT2D eigenvalue weighted by molar-refractivity contribution is 7.89. The van der Waals surface area contributed by atoms with Crippen molar-refractivity contribution in [1.29, 1.82) is 0 Å². The first-order chi connectivity index (χ1) is 13.1. The van der Waals surface area contributed by atoms with E-state index in [1.54, 1.807) is 6.07 Å². The average molecular weight is 405 g/mol. The lowest BCUT2D eigenvalue weighted by Crippen LogP contribution is -2.54. The largest absolute Gasteiger partial charge is 0.358 e. The lowest BCUT2D eigenvalue weighted by Gasteiger charge is -2.37. The summed E-state index contributed by atoms with van der Waals surface area (Å²) in [6.45, 7) is 4.14. The van der Waals surface area contributed by atoms with E-state index in [0.717, 1.165) is 12.8 Å². The van der Waals surface area contributed by atoms with Gasteiger partial charge >= 0.3 is 0 Å². The first kappa shape index (κ1) is 18.9. The second-order valence-electron chi connectivity index (χ2n) is 7.77. The van der Waals surface area contributed by atoms with Gasteiger partial charge in [0.2, 0.25) is 21.9 Å². The highest BCUT2D eigenvalue weighted by Crippen LogP contribution is 2.38. The molecule has 0 spiro atoms. The van der Waals surface area contributed by atoms with Crippen LogP contribution in [0.25, 0.3) is 0 Å². The van der Waals surface area contributed by atoms with Gasteiger partial charge in [-0.2, -0.15) is 0 Å². The normalized spacial score (nSPS) is 22.5. The number of nitrogens with zero attached hydrogens (tertiary/aromatic N) is 3. The smallest absolute Gasteiger partial charge is 0.263 e. The Bertz CT molecular complexity index is 999. The third kappa shape index (κ3) is 3.06. The van der Waals surface area contributed by atoms with Gasteiger partial charge in [0.15, 0.2) is 0 Å². The quantitative estimate of drug-likeness (QED) is 0.731. The Morgan fingerprint density at radius 1 is 1.36 bits per heavy atom. The summed E-state index contributed by atoms with van der Waals surface area (Å²) in [4.78, 5) is 32.7. The van der Waals surface area contributed by atoms with Crippen molar-refractivity contribution in [2.45, 2.75) is 43.2 Å². The summed E-state index contributed by atoms with van der Waals surface area (Å²) in [7, 11) is -2.25. The van der Waals surface area contributed by atoms with E-state index in [9.17, 15) is 18.0 Å². The van der Waals surface area contributed by atoms with Crippen LogP contribution in [0.3, 0.4) is 0 Å². The lowest BCUT2D eigenvalue weighted by molar-refractivity contribution is -0.120. The molecule has 0 unspecified atom stereocenters. The number of carbonyl (C=O) groups excluding carboxylic acids is 2. The van der Waals surface area contributed by atoms with E-state index in [2.05, 4.69) is 15.0 Å². The van der Waals surface area contributed by atoms with Gasteiger partial charge in [-0.15, -0.1) is 0 Å². The number of rotatable bonds is 5. The van der Waals surface area contributed by atoms with Crippen LogP contribution in [0, 0.1) is 0 Å². The Hall–Kier alpha value is -2.46. The predicted molar refractivity (Wildman–Crippen MR) is 104 cm³/mol. The van der Waals surface area contributed by atoms with E-state index in [1.807, 2.05) is 18.7 Å². The maximum atomic E-state index is 13.1. The molecule has 2 amide bonds. The molecule has 1 saturated carbocycles. The van der Waals surface area contributed by atoms with Gasteiger partial charge in [-0.1, -0.05) is 0 Å². The average Bonchev–Trinajstić information content (AvgIpc) is 3.23. The number of guanidine groups is 1. The lowest BCUT2D eigenvalue weighted by atomic mass is 10.1. The number of carbonyl (C=O) groups is 2. The first-order valence-electron chi connectivity index (χ1n) is 9.19. The molecule has 2 aliphatic heterocycles. The van der Waals surface area contributed by atoms with Gasteiger partial charge in [0, 0.05) is 12.6 Å². The number of amides is 2. The molecule has 0 aromatic heterocycles. The molecule has 3 aliphatic rings. The Labute approximate surface area is 163 Å². The van der Waals surface area contributed by atoms with Crippen LogP contribution >= 0.6 is 0 Å². The molecule has 1 aromatic carbocycles. The number of aliphatic imine (C=N–C) groups is 1. The molecular formula is C18H23N5O4S. The van der Waals surface area contributed by atoms with Crippen molar-refractivity contribution < 1.29 is 18.0 Å². The van der Waals surface area contributed by atoms with Crippen molar-refractivity contribution in [3.63, 3.8) is 0 Å². The number of fused-ring (bicyclic) bond motifs is 3. The van der Waals surface area contributed by atoms with Crippen molar-refractivity contribution in [1.82, 2.24) is 14.9 Å². The Balaban J connectivity index is 1.76. The summed E-state index contributed by atoms with van der Waals surface area (Å²) in [6.07, 6.45) is 1.59. The zero-order valence-electron chi connectivity index (χ0n) is 16.0. The monoisotopic (exact) mass is 405 g/mol. The number of likely N-dealkylation sites (N-methyl/N-ethyl adjacent to an activating group) is 1. The topological polar surface area (TPSA) is 111 Å². The standard InChI is InChI=1S/C18H23N5O4S/c1-11-9-20-17-22(10-15(24)19-3)16(25)13-8-12(4-5-14(13)23(11)17)28(26,27)21-18(2)6-7-18/h4-5,8,11,21H,6-7,9-10H2,1-3H3,(H,19,24)/t11-/m1/s1. The van der Waals surface area contributed by atoms with Gasteiger partial charge in [-0.3, -0.25) is 19.5 Å². The van der Waals surface area contributed by atoms with Crippen LogP contribution in [0.15, 0.2) is 28.1 Å². The van der Waals surface area contributed by atoms with E-state index in [1.165, 1.54) is 24.1 Å². The van der Waals surface area contributed by atoms with Crippen molar-refractivity contribution in [2.24, 2.45) is 4.99 Å². The van der Waals surface area contributed by atoms with E-state index >= 15 is 0 Å². The molecule has 0 saturated heterocycles. The van der Waals surface area contributed by atoms with Gasteiger partial charge < -0.3 is 10.2 Å². The van der Waals surface area contributed by atoms with E-state index in [-0.39, 0.29) is 29.0 Å². The first-order valence-corrected chi connectivity index (χ1v) is 10.7. The van der Waals surface area contributed by atoms with Crippen LogP contribution in [-0.2, 0) is 14.8 Å². The predicted octanol–water partition coefficient (Wildman–Crippen LogP) is 0.284. The van der Waals surface area contributed by atoms with Crippen LogP contribution in [0.5, 0.6) is 0 Å². The van der Waals surface area contributed by atoms with E-state index in [4.69, 9.17) is 0 Å². The molecule has 150 valence electrons. The van der Waals surface area contributed by atoms with Crippen LogP contribution in [-0.4, -0.2) is 62.8 Å². The van der Waals surface area contributed by atoms with Gasteiger partial charge in [0.1, 0.15) is 6.54 Å². The number of hydrogen-bond acceptors (Lipinski definition) is 6. The summed E-state index contributed by atoms with van der Waals surface area (Å²) in [5, 5.41) is 2.50. The molecule has 0 radical (unpaired) electrons. The summed E-state index contributed by atoms with van der Waals surface area (Å²) >= 11 is 0. The Kier molecular flexibility index (Phi) is 4.23. The van der Waals surface area contributed by atoms with Crippen molar-refractivity contribution in [3.8, 4) is 0 Å². The zero-order valence-corrected chi connectivity index (χ0v) is 16.8. The number of hydrogen-bond donors (Lipinski definition) is 2. The molecule has 4 rings (SSSR count). The highest BCUT2D eigenvalue weighted by Gasteiger charge is 2.43. The van der Waals surface area contributed by atoms with Gasteiger partial charge in [-0.05, 0) is 44.9 Å². The maximum absolute atomic E-state index is 13.1. The fraction of sp³-hybridized carbons (Fsp3) is 0.500. The van der Waals surface area contributed by atoms with Crippen molar-refractivity contribution in [3.05, 3.63) is 23.8 Å². The highest BCUT2D eigenvalue weighted by atomic mass is 32.2. The minimum absolute atomic E-state index is 0.00000459. The third-order valence-corrected chi connectivity index (χ3v) is 7.01. The molecule has 1 aromatic rings. The van der Waals surface area contributed by atoms with Crippen LogP contribution in [0.1, 0.15) is 37.0 Å². The molecule has 2 heterocycles. The molecule has 1 fully saturated rings. The number of nitrogens with one attached hydrogen (secondary N) is 2. The molecule has 1 atom stereocenters. The molecule has 0 bridgehead atoms.